The highest BCUT2D eigenvalue weighted by atomic mass is 32.1. The minimum atomic E-state index is -0.357. The molecule has 0 saturated carbocycles. The van der Waals surface area contributed by atoms with E-state index >= 15 is 0 Å². The largest absolute Gasteiger partial charge is 0.496 e. The standard InChI is InChI=1S/C21H21N3O4S2/c1-12-6-5-7-14(18(12)28-4)19(25)23-20(29)24-21-22-15(11-30-21)13-8-9-16(26-2)17(10-13)27-3/h5-11H,1-4H3,(H2,22,23,24,25,29). The summed E-state index contributed by atoms with van der Waals surface area (Å²) in [6.45, 7) is 1.87. The van der Waals surface area contributed by atoms with Gasteiger partial charge in [0.05, 0.1) is 32.6 Å². The second-order valence-electron chi connectivity index (χ2n) is 6.17. The minimum absolute atomic E-state index is 0.150. The molecule has 2 N–H and O–H groups in total. The van der Waals surface area contributed by atoms with Crippen LogP contribution in [-0.4, -0.2) is 37.3 Å². The Bertz CT molecular complexity index is 1080. The van der Waals surface area contributed by atoms with Crippen LogP contribution in [-0.2, 0) is 0 Å². The predicted octanol–water partition coefficient (Wildman–Crippen LogP) is 4.27. The Hall–Kier alpha value is -3.17. The maximum atomic E-state index is 12.6. The lowest BCUT2D eigenvalue weighted by Gasteiger charge is -2.12. The normalized spacial score (nSPS) is 10.3. The van der Waals surface area contributed by atoms with E-state index in [1.165, 1.54) is 18.4 Å². The summed E-state index contributed by atoms with van der Waals surface area (Å²) in [7, 11) is 4.70. The summed E-state index contributed by atoms with van der Waals surface area (Å²) in [5.41, 5.74) is 2.89. The van der Waals surface area contributed by atoms with Crippen LogP contribution in [0.1, 0.15) is 15.9 Å². The number of nitrogens with zero attached hydrogens (tertiary/aromatic N) is 1. The number of amides is 1. The topological polar surface area (TPSA) is 81.7 Å². The van der Waals surface area contributed by atoms with Crippen LogP contribution in [0.25, 0.3) is 11.3 Å². The van der Waals surface area contributed by atoms with Gasteiger partial charge in [-0.2, -0.15) is 0 Å². The molecule has 0 aliphatic carbocycles. The van der Waals surface area contributed by atoms with E-state index in [0.29, 0.717) is 27.9 Å². The number of thiazole rings is 1. The number of hydrogen-bond donors (Lipinski definition) is 2. The summed E-state index contributed by atoms with van der Waals surface area (Å²) < 4.78 is 15.9. The summed E-state index contributed by atoms with van der Waals surface area (Å²) in [6, 6.07) is 10.9. The number of methoxy groups -OCH3 is 3. The quantitative estimate of drug-likeness (QED) is 0.551. The average molecular weight is 444 g/mol. The number of aryl methyl sites for hydroxylation is 1. The van der Waals surface area contributed by atoms with Gasteiger partial charge in [0.1, 0.15) is 5.75 Å². The van der Waals surface area contributed by atoms with Crippen LogP contribution in [0.3, 0.4) is 0 Å². The van der Waals surface area contributed by atoms with Crippen LogP contribution in [0, 0.1) is 6.92 Å². The number of nitrogens with one attached hydrogen (secondary N) is 2. The number of para-hydroxylation sites is 1. The Labute approximate surface area is 184 Å². The van der Waals surface area contributed by atoms with Crippen molar-refractivity contribution in [2.75, 3.05) is 26.6 Å². The van der Waals surface area contributed by atoms with Crippen LogP contribution < -0.4 is 24.8 Å². The zero-order valence-corrected chi connectivity index (χ0v) is 18.6. The van der Waals surface area contributed by atoms with Crippen molar-refractivity contribution < 1.29 is 19.0 Å². The van der Waals surface area contributed by atoms with Crippen molar-refractivity contribution >= 4 is 39.7 Å². The summed E-state index contributed by atoms with van der Waals surface area (Å²) in [4.78, 5) is 17.1. The number of carbonyl (C=O) groups excluding carboxylic acids is 1. The highest BCUT2D eigenvalue weighted by molar-refractivity contribution is 7.80. The lowest BCUT2D eigenvalue weighted by Crippen LogP contribution is -2.34. The Morgan fingerprint density at radius 2 is 1.83 bits per heavy atom. The van der Waals surface area contributed by atoms with Gasteiger partial charge in [0.15, 0.2) is 21.7 Å². The first-order chi connectivity index (χ1) is 14.5. The molecule has 1 aromatic heterocycles. The molecule has 0 saturated heterocycles. The molecule has 0 spiro atoms. The van der Waals surface area contributed by atoms with Gasteiger partial charge in [-0.1, -0.05) is 12.1 Å². The lowest BCUT2D eigenvalue weighted by atomic mass is 10.1. The van der Waals surface area contributed by atoms with E-state index in [4.69, 9.17) is 26.4 Å². The molecule has 0 bridgehead atoms. The number of thiocarbonyl (C=S) groups is 1. The van der Waals surface area contributed by atoms with Gasteiger partial charge in [-0.25, -0.2) is 4.98 Å². The molecule has 2 aromatic carbocycles. The Morgan fingerprint density at radius 1 is 1.07 bits per heavy atom. The van der Waals surface area contributed by atoms with E-state index in [2.05, 4.69) is 15.6 Å². The Balaban J connectivity index is 1.70. The highest BCUT2D eigenvalue weighted by Crippen LogP contribution is 2.33. The van der Waals surface area contributed by atoms with Crippen molar-refractivity contribution in [3.8, 4) is 28.5 Å². The van der Waals surface area contributed by atoms with E-state index in [-0.39, 0.29) is 11.0 Å². The van der Waals surface area contributed by atoms with Gasteiger partial charge in [-0.15, -0.1) is 11.3 Å². The van der Waals surface area contributed by atoms with Crippen molar-refractivity contribution in [2.24, 2.45) is 0 Å². The molecule has 3 aromatic rings. The molecule has 0 unspecified atom stereocenters. The molecule has 0 fully saturated rings. The molecule has 0 aliphatic heterocycles. The second kappa shape index (κ2) is 9.55. The molecule has 1 heterocycles. The first kappa shape index (κ1) is 21.5. The van der Waals surface area contributed by atoms with E-state index in [9.17, 15) is 4.79 Å². The van der Waals surface area contributed by atoms with Gasteiger partial charge in [-0.3, -0.25) is 10.1 Å². The molecule has 0 atom stereocenters. The van der Waals surface area contributed by atoms with Gasteiger partial charge in [0.25, 0.3) is 5.91 Å². The molecule has 0 radical (unpaired) electrons. The second-order valence-corrected chi connectivity index (χ2v) is 7.44. The molecule has 0 aliphatic rings. The van der Waals surface area contributed by atoms with Crippen LogP contribution >= 0.6 is 23.6 Å². The monoisotopic (exact) mass is 443 g/mol. The smallest absolute Gasteiger partial charge is 0.261 e. The zero-order valence-electron chi connectivity index (χ0n) is 16.9. The molecule has 7 nitrogen and oxygen atoms in total. The van der Waals surface area contributed by atoms with Crippen molar-refractivity contribution in [3.63, 3.8) is 0 Å². The molecular formula is C21H21N3O4S2. The van der Waals surface area contributed by atoms with Crippen LogP contribution in [0.2, 0.25) is 0 Å². The fourth-order valence-corrected chi connectivity index (χ4v) is 3.84. The van der Waals surface area contributed by atoms with Crippen LogP contribution in [0.15, 0.2) is 41.8 Å². The SMILES string of the molecule is COc1ccc(-c2csc(NC(=S)NC(=O)c3cccc(C)c3OC)n2)cc1OC. The van der Waals surface area contributed by atoms with Gasteiger partial charge in [0.2, 0.25) is 0 Å². The third kappa shape index (κ3) is 4.69. The summed E-state index contributed by atoms with van der Waals surface area (Å²) in [5.74, 6) is 1.42. The van der Waals surface area contributed by atoms with Crippen LogP contribution in [0.4, 0.5) is 5.13 Å². The first-order valence-corrected chi connectivity index (χ1v) is 10.2. The maximum absolute atomic E-state index is 12.6. The molecule has 9 heteroatoms. The van der Waals surface area contributed by atoms with E-state index in [0.717, 1.165) is 16.8 Å². The number of aromatic nitrogens is 1. The van der Waals surface area contributed by atoms with Crippen molar-refractivity contribution in [1.82, 2.24) is 10.3 Å². The van der Waals surface area contributed by atoms with E-state index < -0.39 is 0 Å². The average Bonchev–Trinajstić information content (AvgIpc) is 3.21. The summed E-state index contributed by atoms with van der Waals surface area (Å²) in [5, 5.41) is 8.20. The minimum Gasteiger partial charge on any atom is -0.496 e. The fraction of sp³-hybridized carbons (Fsp3) is 0.190. The van der Waals surface area contributed by atoms with Gasteiger partial charge < -0.3 is 19.5 Å². The zero-order chi connectivity index (χ0) is 21.7. The predicted molar refractivity (Wildman–Crippen MR) is 122 cm³/mol. The highest BCUT2D eigenvalue weighted by Gasteiger charge is 2.16. The Kier molecular flexibility index (Phi) is 6.86. The molecule has 156 valence electrons. The molecule has 1 amide bonds. The molecule has 30 heavy (non-hydrogen) atoms. The third-order valence-electron chi connectivity index (χ3n) is 4.29. The Morgan fingerprint density at radius 3 is 2.53 bits per heavy atom. The lowest BCUT2D eigenvalue weighted by molar-refractivity contribution is 0.0974. The van der Waals surface area contributed by atoms with Gasteiger partial charge in [-0.05, 0) is 49.0 Å². The van der Waals surface area contributed by atoms with Crippen molar-refractivity contribution in [1.29, 1.82) is 0 Å². The van der Waals surface area contributed by atoms with Gasteiger partial charge in [0, 0.05) is 10.9 Å². The van der Waals surface area contributed by atoms with Crippen molar-refractivity contribution in [3.05, 3.63) is 52.9 Å². The number of rotatable bonds is 6. The third-order valence-corrected chi connectivity index (χ3v) is 5.25. The number of anilines is 1. The van der Waals surface area contributed by atoms with E-state index in [1.807, 2.05) is 36.6 Å². The number of ether oxygens (including phenoxy) is 3. The number of carbonyl (C=O) groups is 1. The first-order valence-electron chi connectivity index (χ1n) is 8.90. The molecule has 3 rings (SSSR count). The van der Waals surface area contributed by atoms with Crippen LogP contribution in [0.5, 0.6) is 17.2 Å². The number of hydrogen-bond acceptors (Lipinski definition) is 7. The summed E-state index contributed by atoms with van der Waals surface area (Å²) in [6.07, 6.45) is 0. The van der Waals surface area contributed by atoms with Gasteiger partial charge >= 0.3 is 0 Å². The molecular weight excluding hydrogens is 422 g/mol. The fourth-order valence-electron chi connectivity index (χ4n) is 2.86. The van der Waals surface area contributed by atoms with Crippen molar-refractivity contribution in [2.45, 2.75) is 6.92 Å². The summed E-state index contributed by atoms with van der Waals surface area (Å²) >= 11 is 6.64. The number of benzene rings is 2. The van der Waals surface area contributed by atoms with E-state index in [1.54, 1.807) is 26.4 Å². The maximum Gasteiger partial charge on any atom is 0.261 e.